The molecule has 1 aromatic carbocycles. The lowest BCUT2D eigenvalue weighted by molar-refractivity contribution is -0.209. The number of hydrogen-bond donors (Lipinski definition) is 2. The molecule has 37 heavy (non-hydrogen) atoms. The minimum absolute atomic E-state index is 0.0761. The van der Waals surface area contributed by atoms with Crippen LogP contribution in [0, 0.1) is 5.41 Å². The molecule has 0 bridgehead atoms. The van der Waals surface area contributed by atoms with Gasteiger partial charge >= 0.3 is 18.4 Å². The number of carbonyl (C=O) groups excluding carboxylic acids is 1. The van der Waals surface area contributed by atoms with E-state index in [-0.39, 0.29) is 36.1 Å². The number of amides is 2. The molecule has 1 unspecified atom stereocenters. The zero-order valence-corrected chi connectivity index (χ0v) is 19.6. The maximum atomic E-state index is 13.3. The Bertz CT molecular complexity index is 1190. The number of aliphatic hydroxyl groups is 1. The van der Waals surface area contributed by atoms with E-state index in [1.54, 1.807) is 34.1 Å². The average molecular weight is 529 g/mol. The molecule has 3 heterocycles. The Hall–Kier alpha value is -2.83. The number of aromatic nitrogens is 3. The number of carbonyl (C=O) groups is 1. The molecule has 2 aliphatic heterocycles. The van der Waals surface area contributed by atoms with Gasteiger partial charge in [0.1, 0.15) is 5.82 Å². The Balaban J connectivity index is 0.968. The van der Waals surface area contributed by atoms with Gasteiger partial charge in [-0.15, -0.1) is 0 Å². The van der Waals surface area contributed by atoms with Gasteiger partial charge in [0.2, 0.25) is 6.10 Å². The number of alkyl halides is 6. The summed E-state index contributed by atoms with van der Waals surface area (Å²) in [5, 5.41) is 15.3. The Morgan fingerprint density at radius 1 is 1.00 bits per heavy atom. The van der Waals surface area contributed by atoms with Gasteiger partial charge in [-0.3, -0.25) is 5.10 Å². The van der Waals surface area contributed by atoms with Crippen molar-refractivity contribution in [3.05, 3.63) is 47.0 Å². The lowest BCUT2D eigenvalue weighted by Gasteiger charge is -2.59. The van der Waals surface area contributed by atoms with Crippen molar-refractivity contribution in [2.24, 2.45) is 5.41 Å². The van der Waals surface area contributed by atoms with Crippen LogP contribution in [0.1, 0.15) is 66.4 Å². The second-order valence-corrected chi connectivity index (χ2v) is 11.1. The highest BCUT2D eigenvalue weighted by Gasteiger charge is 2.64. The number of likely N-dealkylation sites (tertiary alicyclic amines) is 2. The van der Waals surface area contributed by atoms with E-state index in [4.69, 9.17) is 0 Å². The summed E-state index contributed by atoms with van der Waals surface area (Å²) in [5.74, 6) is -0.381. The number of halogens is 6. The standard InChI is InChI=1S/C24H25F6N5O2/c25-23(26,27)17(36)19-31-18(32-33-19)14-7-21(8-14)11-35(12-21)20(37)34-9-15(10-34)13-1-3-16(4-2-13)22(5-6-22)24(28,29)30/h1-4,14-15,17,36H,5-12H2,(H,31,32,33). The van der Waals surface area contributed by atoms with E-state index in [1.165, 1.54) is 0 Å². The van der Waals surface area contributed by atoms with Gasteiger partial charge in [0.15, 0.2) is 5.82 Å². The first-order valence-electron chi connectivity index (χ1n) is 12.2. The molecule has 2 saturated heterocycles. The van der Waals surface area contributed by atoms with Gasteiger partial charge in [0.05, 0.1) is 5.41 Å². The van der Waals surface area contributed by atoms with Gasteiger partial charge in [-0.1, -0.05) is 24.3 Å². The summed E-state index contributed by atoms with van der Waals surface area (Å²) in [6.07, 6.45) is -10.2. The fourth-order valence-electron chi connectivity index (χ4n) is 6.06. The summed E-state index contributed by atoms with van der Waals surface area (Å²) in [7, 11) is 0. The molecule has 2 amide bonds. The number of rotatable bonds is 4. The van der Waals surface area contributed by atoms with Crippen molar-refractivity contribution >= 4 is 6.03 Å². The fourth-order valence-corrected chi connectivity index (χ4v) is 6.06. The molecule has 13 heteroatoms. The van der Waals surface area contributed by atoms with Crippen molar-refractivity contribution in [1.29, 1.82) is 0 Å². The lowest BCUT2D eigenvalue weighted by Crippen LogP contribution is -2.67. The molecular formula is C24H25F6N5O2. The Morgan fingerprint density at radius 3 is 2.16 bits per heavy atom. The fraction of sp³-hybridized carbons (Fsp3) is 0.625. The van der Waals surface area contributed by atoms with Crippen molar-refractivity contribution in [2.75, 3.05) is 26.2 Å². The first-order chi connectivity index (χ1) is 17.3. The molecule has 2 aromatic rings. The molecule has 2 saturated carbocycles. The van der Waals surface area contributed by atoms with Crippen molar-refractivity contribution in [3.8, 4) is 0 Å². The number of nitrogens with one attached hydrogen (secondary N) is 1. The molecule has 4 aliphatic rings. The first kappa shape index (κ1) is 24.5. The summed E-state index contributed by atoms with van der Waals surface area (Å²) >= 11 is 0. The van der Waals surface area contributed by atoms with E-state index in [9.17, 15) is 36.2 Å². The van der Waals surface area contributed by atoms with E-state index in [1.807, 2.05) is 0 Å². The van der Waals surface area contributed by atoms with Gasteiger partial charge in [-0.2, -0.15) is 31.4 Å². The number of H-pyrrole nitrogens is 1. The minimum atomic E-state index is -4.83. The highest BCUT2D eigenvalue weighted by Crippen LogP contribution is 2.59. The van der Waals surface area contributed by atoms with E-state index >= 15 is 0 Å². The third kappa shape index (κ3) is 3.96. The van der Waals surface area contributed by atoms with Crippen LogP contribution in [0.15, 0.2) is 24.3 Å². The van der Waals surface area contributed by atoms with Crippen LogP contribution in [0.3, 0.4) is 0 Å². The van der Waals surface area contributed by atoms with Crippen LogP contribution >= 0.6 is 0 Å². The van der Waals surface area contributed by atoms with E-state index in [0.29, 0.717) is 50.4 Å². The van der Waals surface area contributed by atoms with Crippen LogP contribution < -0.4 is 0 Å². The van der Waals surface area contributed by atoms with Crippen LogP contribution in [0.5, 0.6) is 0 Å². The van der Waals surface area contributed by atoms with Crippen LogP contribution in [0.4, 0.5) is 31.1 Å². The van der Waals surface area contributed by atoms with Crippen molar-refractivity contribution in [2.45, 2.75) is 61.4 Å². The predicted octanol–water partition coefficient (Wildman–Crippen LogP) is 4.39. The topological polar surface area (TPSA) is 85.3 Å². The summed E-state index contributed by atoms with van der Waals surface area (Å²) < 4.78 is 77.9. The molecule has 6 rings (SSSR count). The number of nitrogens with zero attached hydrogens (tertiary/aromatic N) is 4. The van der Waals surface area contributed by atoms with Gasteiger partial charge < -0.3 is 14.9 Å². The normalized spacial score (nSPS) is 23.9. The molecule has 7 nitrogen and oxygen atoms in total. The second-order valence-electron chi connectivity index (χ2n) is 11.1. The molecule has 0 radical (unpaired) electrons. The maximum absolute atomic E-state index is 13.3. The van der Waals surface area contributed by atoms with Gasteiger partial charge in [0, 0.05) is 43.4 Å². The molecule has 200 valence electrons. The molecule has 1 atom stereocenters. The van der Waals surface area contributed by atoms with Crippen LogP contribution in [0.25, 0.3) is 0 Å². The average Bonchev–Trinajstić information content (AvgIpc) is 3.43. The summed E-state index contributed by atoms with van der Waals surface area (Å²) in [4.78, 5) is 20.1. The third-order valence-electron chi connectivity index (χ3n) is 8.52. The molecule has 2 aliphatic carbocycles. The predicted molar refractivity (Wildman–Crippen MR) is 116 cm³/mol. The van der Waals surface area contributed by atoms with E-state index in [2.05, 4.69) is 15.2 Å². The zero-order valence-electron chi connectivity index (χ0n) is 19.6. The first-order valence-corrected chi connectivity index (χ1v) is 12.2. The number of aliphatic hydroxyl groups excluding tert-OH is 1. The van der Waals surface area contributed by atoms with Crippen LogP contribution in [-0.2, 0) is 5.41 Å². The quantitative estimate of drug-likeness (QED) is 0.576. The lowest BCUT2D eigenvalue weighted by atomic mass is 9.57. The Kier molecular flexibility index (Phi) is 5.19. The number of benzene rings is 1. The van der Waals surface area contributed by atoms with Crippen molar-refractivity contribution in [3.63, 3.8) is 0 Å². The molecule has 4 fully saturated rings. The number of aromatic amines is 1. The largest absolute Gasteiger partial charge is 0.421 e. The molecule has 1 aromatic heterocycles. The SMILES string of the molecule is O=C(N1CC(c2ccc(C3(C(F)(F)F)CC3)cc2)C1)N1CC2(CC(c3nc(C(O)C(F)(F)F)n[nH]3)C2)C1. The maximum Gasteiger partial charge on any atom is 0.421 e. The van der Waals surface area contributed by atoms with Crippen LogP contribution in [-0.4, -0.2) is 74.7 Å². The minimum Gasteiger partial charge on any atom is -0.377 e. The zero-order chi connectivity index (χ0) is 26.4. The monoisotopic (exact) mass is 529 g/mol. The number of urea groups is 1. The third-order valence-corrected chi connectivity index (χ3v) is 8.52. The summed E-state index contributed by atoms with van der Waals surface area (Å²) in [6, 6.07) is 6.53. The Labute approximate surface area is 207 Å². The van der Waals surface area contributed by atoms with Gasteiger partial charge in [-0.25, -0.2) is 9.78 Å². The smallest absolute Gasteiger partial charge is 0.377 e. The molecule has 2 N–H and O–H groups in total. The van der Waals surface area contributed by atoms with Gasteiger partial charge in [-0.05, 0) is 36.8 Å². The van der Waals surface area contributed by atoms with Crippen molar-refractivity contribution < 1.29 is 36.2 Å². The van der Waals surface area contributed by atoms with Gasteiger partial charge in [0.25, 0.3) is 0 Å². The summed E-state index contributed by atoms with van der Waals surface area (Å²) in [5.41, 5.74) is -0.539. The van der Waals surface area contributed by atoms with E-state index < -0.39 is 29.7 Å². The molecular weight excluding hydrogens is 504 g/mol. The Morgan fingerprint density at radius 2 is 1.62 bits per heavy atom. The summed E-state index contributed by atoms with van der Waals surface area (Å²) in [6.45, 7) is 2.14. The number of hydrogen-bond acceptors (Lipinski definition) is 4. The highest BCUT2D eigenvalue weighted by molar-refractivity contribution is 5.77. The molecule has 1 spiro atoms. The highest BCUT2D eigenvalue weighted by atomic mass is 19.4. The van der Waals surface area contributed by atoms with E-state index in [0.717, 1.165) is 5.56 Å². The van der Waals surface area contributed by atoms with Crippen molar-refractivity contribution in [1.82, 2.24) is 25.0 Å². The second kappa shape index (κ2) is 7.84. The van der Waals surface area contributed by atoms with Crippen LogP contribution in [0.2, 0.25) is 0 Å².